The third-order valence-corrected chi connectivity index (χ3v) is 7.60. The number of carbonyl (C=O) groups excluding carboxylic acids is 1. The van der Waals surface area contributed by atoms with E-state index in [0.29, 0.717) is 6.42 Å². The van der Waals surface area contributed by atoms with E-state index >= 15 is 0 Å². The minimum atomic E-state index is 0.241. The zero-order valence-electron chi connectivity index (χ0n) is 21.3. The molecule has 2 aromatic carbocycles. The molecule has 2 heterocycles. The van der Waals surface area contributed by atoms with E-state index in [2.05, 4.69) is 35.4 Å². The van der Waals surface area contributed by atoms with Gasteiger partial charge in [-0.3, -0.25) is 9.20 Å². The van der Waals surface area contributed by atoms with Crippen molar-refractivity contribution in [3.05, 3.63) is 54.2 Å². The molecule has 0 bridgehead atoms. The van der Waals surface area contributed by atoms with Gasteiger partial charge in [0.15, 0.2) is 10.7 Å². The molecule has 4 rings (SSSR count). The molecule has 0 spiro atoms. The molecule has 186 valence electrons. The van der Waals surface area contributed by atoms with Crippen molar-refractivity contribution in [2.75, 3.05) is 26.7 Å². The second-order valence-electron chi connectivity index (χ2n) is 9.22. The van der Waals surface area contributed by atoms with E-state index in [-0.39, 0.29) is 5.78 Å². The molecule has 0 saturated carbocycles. The topological polar surface area (TPSA) is 46.8 Å². The average Bonchev–Trinajstić information content (AvgIpc) is 3.45. The Kier molecular flexibility index (Phi) is 8.94. The number of unbranched alkanes of at least 4 members (excludes halogenated alkanes) is 3. The van der Waals surface area contributed by atoms with Gasteiger partial charge in [0.25, 0.3) is 0 Å². The number of imidazole rings is 1. The van der Waals surface area contributed by atoms with Crippen molar-refractivity contribution in [1.82, 2.24) is 14.3 Å². The normalized spacial score (nSPS) is 11.7. The number of hydrogen-bond donors (Lipinski definition) is 0. The summed E-state index contributed by atoms with van der Waals surface area (Å²) in [6.45, 7) is 7.96. The van der Waals surface area contributed by atoms with Crippen molar-refractivity contribution < 1.29 is 9.53 Å². The highest BCUT2D eigenvalue weighted by atomic mass is 32.1. The maximum Gasteiger partial charge on any atom is 0.195 e. The molecule has 0 amide bonds. The van der Waals surface area contributed by atoms with E-state index in [1.165, 1.54) is 38.8 Å². The van der Waals surface area contributed by atoms with Gasteiger partial charge in [0.05, 0.1) is 23.0 Å². The zero-order chi connectivity index (χ0) is 24.6. The Bertz CT molecular complexity index is 1230. The summed E-state index contributed by atoms with van der Waals surface area (Å²) in [5.41, 5.74) is 3.90. The molecule has 0 atom stereocenters. The van der Waals surface area contributed by atoms with Crippen LogP contribution in [0.4, 0.5) is 0 Å². The lowest BCUT2D eigenvalue weighted by atomic mass is 10.0. The molecule has 2 aromatic heterocycles. The number of hydrogen-bond acceptors (Lipinski definition) is 5. The molecule has 5 nitrogen and oxygen atoms in total. The van der Waals surface area contributed by atoms with Crippen LogP contribution in [0.3, 0.4) is 0 Å². The maximum atomic E-state index is 12.9. The summed E-state index contributed by atoms with van der Waals surface area (Å²) in [5, 5.41) is 0. The van der Waals surface area contributed by atoms with Gasteiger partial charge in [-0.05, 0) is 87.8 Å². The Morgan fingerprint density at radius 3 is 2.37 bits per heavy atom. The molecule has 6 heteroatoms. The zero-order valence-corrected chi connectivity index (χ0v) is 22.1. The van der Waals surface area contributed by atoms with Crippen LogP contribution in [0.25, 0.3) is 26.4 Å². The van der Waals surface area contributed by atoms with Crippen molar-refractivity contribution in [1.29, 1.82) is 0 Å². The second-order valence-corrected chi connectivity index (χ2v) is 10.2. The lowest BCUT2D eigenvalue weighted by Gasteiger charge is -2.21. The molecule has 35 heavy (non-hydrogen) atoms. The molecular formula is C29H37N3O2S. The Morgan fingerprint density at radius 1 is 0.971 bits per heavy atom. The smallest absolute Gasteiger partial charge is 0.195 e. The minimum absolute atomic E-state index is 0.241. The number of fused-ring (bicyclic) bond motifs is 3. The standard InChI is InChI=1S/C29H37N3O2S/c1-4-6-17-31(18-7-5-2)19-9-8-10-27(33)23-13-16-26-28(20-23)35-29-30-25(21-32(26)29)22-11-14-24(34-3)15-12-22/h11-16,20-21H,4-10,17-19H2,1-3H3. The van der Waals surface area contributed by atoms with Crippen LogP contribution in [0.5, 0.6) is 5.75 Å². The first-order valence-electron chi connectivity index (χ1n) is 12.9. The molecule has 0 fully saturated rings. The number of Topliss-reactive ketones (excluding diaryl/α,β-unsaturated/α-hetero) is 1. The Balaban J connectivity index is 1.37. The predicted octanol–water partition coefficient (Wildman–Crippen LogP) is 7.48. The van der Waals surface area contributed by atoms with E-state index in [1.54, 1.807) is 18.4 Å². The van der Waals surface area contributed by atoms with Crippen molar-refractivity contribution in [2.24, 2.45) is 0 Å². The Labute approximate surface area is 212 Å². The fourth-order valence-electron chi connectivity index (χ4n) is 4.44. The van der Waals surface area contributed by atoms with Crippen molar-refractivity contribution in [2.45, 2.75) is 58.8 Å². The maximum absolute atomic E-state index is 12.9. The Morgan fingerprint density at radius 2 is 1.69 bits per heavy atom. The van der Waals surface area contributed by atoms with E-state index in [9.17, 15) is 4.79 Å². The van der Waals surface area contributed by atoms with Crippen LogP contribution < -0.4 is 4.74 Å². The fourth-order valence-corrected chi connectivity index (χ4v) is 5.49. The summed E-state index contributed by atoms with van der Waals surface area (Å²) in [5.74, 6) is 1.08. The SMILES string of the molecule is CCCCN(CCCC)CCCCC(=O)c1ccc2c(c1)sc1nc(-c3ccc(OC)cc3)cn12. The van der Waals surface area contributed by atoms with Crippen LogP contribution in [0, 0.1) is 0 Å². The summed E-state index contributed by atoms with van der Waals surface area (Å²) in [4.78, 5) is 21.2. The van der Waals surface area contributed by atoms with Gasteiger partial charge < -0.3 is 9.64 Å². The number of carbonyl (C=O) groups is 1. The van der Waals surface area contributed by atoms with Crippen molar-refractivity contribution >= 4 is 32.3 Å². The van der Waals surface area contributed by atoms with Gasteiger partial charge in [0, 0.05) is 23.7 Å². The largest absolute Gasteiger partial charge is 0.497 e. The van der Waals surface area contributed by atoms with Crippen molar-refractivity contribution in [3.63, 3.8) is 0 Å². The van der Waals surface area contributed by atoms with Crippen LogP contribution in [-0.2, 0) is 0 Å². The lowest BCUT2D eigenvalue weighted by Crippen LogP contribution is -2.27. The van der Waals surface area contributed by atoms with E-state index in [4.69, 9.17) is 9.72 Å². The predicted molar refractivity (Wildman–Crippen MR) is 147 cm³/mol. The van der Waals surface area contributed by atoms with Gasteiger partial charge in [0.2, 0.25) is 0 Å². The van der Waals surface area contributed by atoms with Gasteiger partial charge >= 0.3 is 0 Å². The molecular weight excluding hydrogens is 454 g/mol. The van der Waals surface area contributed by atoms with Gasteiger partial charge in [-0.15, -0.1) is 0 Å². The Hall–Kier alpha value is -2.70. The van der Waals surface area contributed by atoms with Crippen LogP contribution in [0.1, 0.15) is 69.2 Å². The minimum Gasteiger partial charge on any atom is -0.497 e. The first-order chi connectivity index (χ1) is 17.1. The molecule has 0 aliphatic heterocycles. The number of nitrogens with zero attached hydrogens (tertiary/aromatic N) is 3. The van der Waals surface area contributed by atoms with Gasteiger partial charge in [-0.2, -0.15) is 0 Å². The number of rotatable bonds is 14. The number of benzene rings is 2. The fraction of sp³-hybridized carbons (Fsp3) is 0.448. The number of methoxy groups -OCH3 is 1. The molecule has 0 radical (unpaired) electrons. The quantitative estimate of drug-likeness (QED) is 0.135. The number of ketones is 1. The van der Waals surface area contributed by atoms with E-state index in [1.807, 2.05) is 36.4 Å². The third-order valence-electron chi connectivity index (χ3n) is 6.59. The molecule has 4 aromatic rings. The number of thiazole rings is 1. The summed E-state index contributed by atoms with van der Waals surface area (Å²) in [7, 11) is 1.67. The van der Waals surface area contributed by atoms with E-state index in [0.717, 1.165) is 57.1 Å². The lowest BCUT2D eigenvalue weighted by molar-refractivity contribution is 0.0978. The molecule has 0 saturated heterocycles. The van der Waals surface area contributed by atoms with E-state index < -0.39 is 0 Å². The van der Waals surface area contributed by atoms with Crippen LogP contribution in [-0.4, -0.2) is 46.8 Å². The molecule has 0 aliphatic carbocycles. The van der Waals surface area contributed by atoms with Gasteiger partial charge in [-0.25, -0.2) is 4.98 Å². The molecule has 0 aliphatic rings. The summed E-state index contributed by atoms with van der Waals surface area (Å²) in [6.07, 6.45) is 9.71. The first-order valence-corrected chi connectivity index (χ1v) is 13.8. The van der Waals surface area contributed by atoms with Crippen LogP contribution in [0.15, 0.2) is 48.7 Å². The summed E-state index contributed by atoms with van der Waals surface area (Å²) in [6, 6.07) is 14.0. The second kappa shape index (κ2) is 12.3. The highest BCUT2D eigenvalue weighted by molar-refractivity contribution is 7.23. The molecule has 0 N–H and O–H groups in total. The summed E-state index contributed by atoms with van der Waals surface area (Å²) < 4.78 is 8.48. The van der Waals surface area contributed by atoms with Crippen molar-refractivity contribution in [3.8, 4) is 17.0 Å². The monoisotopic (exact) mass is 491 g/mol. The highest BCUT2D eigenvalue weighted by Crippen LogP contribution is 2.31. The first kappa shape index (κ1) is 25.4. The average molecular weight is 492 g/mol. The van der Waals surface area contributed by atoms with Crippen LogP contribution >= 0.6 is 11.3 Å². The van der Waals surface area contributed by atoms with Gasteiger partial charge in [-0.1, -0.05) is 38.0 Å². The highest BCUT2D eigenvalue weighted by Gasteiger charge is 2.13. The third kappa shape index (κ3) is 6.30. The van der Waals surface area contributed by atoms with Crippen LogP contribution in [0.2, 0.25) is 0 Å². The van der Waals surface area contributed by atoms with Gasteiger partial charge in [0.1, 0.15) is 5.75 Å². The summed E-state index contributed by atoms with van der Waals surface area (Å²) >= 11 is 1.63. The molecule has 0 unspecified atom stereocenters. The number of ether oxygens (including phenoxy) is 1. The number of aromatic nitrogens is 2.